The predicted molar refractivity (Wildman–Crippen MR) is 90.7 cm³/mol. The van der Waals surface area contributed by atoms with E-state index in [4.69, 9.17) is 4.74 Å². The predicted octanol–water partition coefficient (Wildman–Crippen LogP) is 4.39. The van der Waals surface area contributed by atoms with Crippen molar-refractivity contribution in [3.8, 4) is 5.75 Å². The molecule has 1 heterocycles. The van der Waals surface area contributed by atoms with Crippen molar-refractivity contribution in [3.63, 3.8) is 0 Å². The van der Waals surface area contributed by atoms with E-state index in [1.807, 2.05) is 12.1 Å². The van der Waals surface area contributed by atoms with Crippen LogP contribution in [-0.2, 0) is 20.4 Å². The molecule has 1 fully saturated rings. The maximum atomic E-state index is 11.7. The van der Waals surface area contributed by atoms with E-state index in [-0.39, 0.29) is 22.0 Å². The average Bonchev–Trinajstić information content (AvgIpc) is 2.74. The van der Waals surface area contributed by atoms with Crippen LogP contribution in [0.15, 0.2) is 17.0 Å². The van der Waals surface area contributed by atoms with Gasteiger partial charge in [-0.3, -0.25) is 4.79 Å². The third kappa shape index (κ3) is 3.60. The summed E-state index contributed by atoms with van der Waals surface area (Å²) in [7, 11) is 0. The van der Waals surface area contributed by atoms with E-state index in [1.165, 1.54) is 0 Å². The number of phenolic OH excluding ortho intramolecular Hbond substituents is 1. The Labute approximate surface area is 137 Å². The van der Waals surface area contributed by atoms with Crippen LogP contribution >= 0.6 is 11.8 Å². The normalized spacial score (nSPS) is 19.4. The Morgan fingerprint density at radius 2 is 1.59 bits per heavy atom. The van der Waals surface area contributed by atoms with Crippen molar-refractivity contribution >= 4 is 17.7 Å². The zero-order chi connectivity index (χ0) is 16.7. The van der Waals surface area contributed by atoms with Crippen LogP contribution in [0, 0.1) is 0 Å². The minimum Gasteiger partial charge on any atom is -0.507 e. The first-order chi connectivity index (χ1) is 10.00. The molecule has 1 N–H and O–H groups in total. The summed E-state index contributed by atoms with van der Waals surface area (Å²) >= 11 is 1.54. The van der Waals surface area contributed by atoms with Gasteiger partial charge in [0.1, 0.15) is 11.0 Å². The van der Waals surface area contributed by atoms with E-state index in [2.05, 4.69) is 41.5 Å². The smallest absolute Gasteiger partial charge is 0.319 e. The number of hydrogen-bond donors (Lipinski definition) is 1. The molecule has 1 aromatic rings. The van der Waals surface area contributed by atoms with E-state index in [9.17, 15) is 9.90 Å². The van der Waals surface area contributed by atoms with Crippen molar-refractivity contribution in [1.29, 1.82) is 0 Å². The topological polar surface area (TPSA) is 46.5 Å². The highest BCUT2D eigenvalue weighted by Crippen LogP contribution is 2.43. The van der Waals surface area contributed by atoms with Crippen molar-refractivity contribution in [1.82, 2.24) is 0 Å². The Balaban J connectivity index is 2.48. The molecule has 3 nitrogen and oxygen atoms in total. The van der Waals surface area contributed by atoms with Crippen LogP contribution in [0.4, 0.5) is 0 Å². The molecule has 22 heavy (non-hydrogen) atoms. The lowest BCUT2D eigenvalue weighted by molar-refractivity contribution is -0.137. The van der Waals surface area contributed by atoms with Crippen molar-refractivity contribution < 1.29 is 14.6 Å². The van der Waals surface area contributed by atoms with Crippen molar-refractivity contribution in [2.24, 2.45) is 0 Å². The fourth-order valence-corrected chi connectivity index (χ4v) is 3.65. The maximum Gasteiger partial charge on any atom is 0.319 e. The molecule has 2 rings (SSSR count). The Morgan fingerprint density at radius 3 is 1.95 bits per heavy atom. The molecule has 0 saturated carbocycles. The molecule has 122 valence electrons. The molecular weight excluding hydrogens is 296 g/mol. The second-order valence-corrected chi connectivity index (χ2v) is 9.21. The standard InChI is InChI=1S/C18H26O3S/c1-17(2,3)12-9-11(22-14-7-8-21-16(14)20)10-13(15(12)19)18(4,5)6/h9-10,14,19H,7-8H2,1-6H3. The number of ether oxygens (including phenoxy) is 1. The zero-order valence-electron chi connectivity index (χ0n) is 14.3. The summed E-state index contributed by atoms with van der Waals surface area (Å²) in [5.74, 6) is 0.242. The number of benzene rings is 1. The van der Waals surface area contributed by atoms with Crippen molar-refractivity contribution in [3.05, 3.63) is 23.3 Å². The number of thioether (sulfide) groups is 1. The van der Waals surface area contributed by atoms with Crippen LogP contribution in [0.2, 0.25) is 0 Å². The number of carbonyl (C=O) groups is 1. The van der Waals surface area contributed by atoms with Gasteiger partial charge in [-0.15, -0.1) is 11.8 Å². The lowest BCUT2D eigenvalue weighted by Crippen LogP contribution is -2.18. The summed E-state index contributed by atoms with van der Waals surface area (Å²) in [5.41, 5.74) is 1.54. The van der Waals surface area contributed by atoms with Gasteiger partial charge in [0.05, 0.1) is 6.61 Å². The Hall–Kier alpha value is -1.16. The van der Waals surface area contributed by atoms with Crippen LogP contribution in [0.3, 0.4) is 0 Å². The summed E-state index contributed by atoms with van der Waals surface area (Å²) in [6.07, 6.45) is 0.750. The molecule has 1 aliphatic rings. The molecule has 0 spiro atoms. The first-order valence-corrected chi connectivity index (χ1v) is 8.59. The van der Waals surface area contributed by atoms with E-state index in [1.54, 1.807) is 11.8 Å². The molecule has 0 aliphatic carbocycles. The van der Waals surface area contributed by atoms with Crippen LogP contribution in [0.1, 0.15) is 59.1 Å². The molecule has 4 heteroatoms. The number of rotatable bonds is 2. The Bertz CT molecular complexity index is 544. The number of hydrogen-bond acceptors (Lipinski definition) is 4. The first-order valence-electron chi connectivity index (χ1n) is 7.71. The van der Waals surface area contributed by atoms with E-state index >= 15 is 0 Å². The fraction of sp³-hybridized carbons (Fsp3) is 0.611. The van der Waals surface area contributed by atoms with Gasteiger partial charge in [0.25, 0.3) is 0 Å². The van der Waals surface area contributed by atoms with Gasteiger partial charge in [-0.1, -0.05) is 41.5 Å². The molecule has 0 aromatic heterocycles. The molecular formula is C18H26O3S. The number of carbonyl (C=O) groups excluding carboxylic acids is 1. The van der Waals surface area contributed by atoms with Crippen LogP contribution in [-0.4, -0.2) is 22.9 Å². The van der Waals surface area contributed by atoms with E-state index in [0.717, 1.165) is 22.4 Å². The molecule has 1 saturated heterocycles. The number of esters is 1. The second kappa shape index (κ2) is 5.80. The minimum absolute atomic E-state index is 0.132. The third-order valence-electron chi connectivity index (χ3n) is 3.87. The van der Waals surface area contributed by atoms with Gasteiger partial charge in [-0.25, -0.2) is 0 Å². The fourth-order valence-electron chi connectivity index (χ4n) is 2.57. The molecule has 0 radical (unpaired) electrons. The summed E-state index contributed by atoms with van der Waals surface area (Å²) in [6, 6.07) is 4.03. The first kappa shape index (κ1) is 17.2. The molecule has 1 aliphatic heterocycles. The molecule has 0 amide bonds. The average molecular weight is 322 g/mol. The SMILES string of the molecule is CC(C)(C)c1cc(SC2CCOC2=O)cc(C(C)(C)C)c1O. The highest BCUT2D eigenvalue weighted by atomic mass is 32.2. The van der Waals surface area contributed by atoms with Gasteiger partial charge >= 0.3 is 5.97 Å². The Morgan fingerprint density at radius 1 is 1.09 bits per heavy atom. The molecule has 0 bridgehead atoms. The van der Waals surface area contributed by atoms with Gasteiger partial charge in [0.2, 0.25) is 0 Å². The van der Waals surface area contributed by atoms with E-state index in [0.29, 0.717) is 12.4 Å². The lowest BCUT2D eigenvalue weighted by atomic mass is 9.79. The summed E-state index contributed by atoms with van der Waals surface area (Å²) in [6.45, 7) is 13.0. The van der Waals surface area contributed by atoms with Crippen LogP contribution < -0.4 is 0 Å². The van der Waals surface area contributed by atoms with Crippen molar-refractivity contribution in [2.75, 3.05) is 6.61 Å². The monoisotopic (exact) mass is 322 g/mol. The largest absolute Gasteiger partial charge is 0.507 e. The highest BCUT2D eigenvalue weighted by Gasteiger charge is 2.30. The number of phenols is 1. The quantitative estimate of drug-likeness (QED) is 0.820. The number of aromatic hydroxyl groups is 1. The molecule has 1 unspecified atom stereocenters. The number of cyclic esters (lactones) is 1. The highest BCUT2D eigenvalue weighted by molar-refractivity contribution is 8.00. The van der Waals surface area contributed by atoms with Gasteiger partial charge < -0.3 is 9.84 Å². The maximum absolute atomic E-state index is 11.7. The summed E-state index contributed by atoms with van der Waals surface area (Å²) in [5, 5.41) is 10.6. The minimum atomic E-state index is -0.156. The second-order valence-electron chi connectivity index (χ2n) is 7.93. The Kier molecular flexibility index (Phi) is 4.54. The van der Waals surface area contributed by atoms with Crippen LogP contribution in [0.25, 0.3) is 0 Å². The lowest BCUT2D eigenvalue weighted by Gasteiger charge is -2.28. The van der Waals surface area contributed by atoms with Crippen molar-refractivity contribution in [2.45, 2.75) is 68.9 Å². The van der Waals surface area contributed by atoms with Gasteiger partial charge in [0, 0.05) is 22.4 Å². The van der Waals surface area contributed by atoms with Gasteiger partial charge in [-0.05, 0) is 23.0 Å². The zero-order valence-corrected chi connectivity index (χ0v) is 15.1. The van der Waals surface area contributed by atoms with E-state index < -0.39 is 0 Å². The third-order valence-corrected chi connectivity index (χ3v) is 5.09. The summed E-state index contributed by atoms with van der Waals surface area (Å²) in [4.78, 5) is 12.7. The van der Waals surface area contributed by atoms with Gasteiger partial charge in [-0.2, -0.15) is 0 Å². The van der Waals surface area contributed by atoms with Crippen LogP contribution in [0.5, 0.6) is 5.75 Å². The molecule has 1 aromatic carbocycles. The summed E-state index contributed by atoms with van der Waals surface area (Å²) < 4.78 is 5.05. The van der Waals surface area contributed by atoms with Gasteiger partial charge in [0.15, 0.2) is 0 Å². The molecule has 1 atom stereocenters.